The van der Waals surface area contributed by atoms with E-state index >= 15 is 0 Å². The Morgan fingerprint density at radius 1 is 1.31 bits per heavy atom. The molecule has 0 radical (unpaired) electrons. The van der Waals surface area contributed by atoms with E-state index < -0.39 is 29.4 Å². The van der Waals surface area contributed by atoms with Crippen molar-refractivity contribution in [2.45, 2.75) is 39.4 Å². The molecule has 0 aromatic heterocycles. The predicted molar refractivity (Wildman–Crippen MR) is 105 cm³/mol. The fraction of sp³-hybridized carbons (Fsp3) is 0.391. The molecular formula is C23H24FNO4. The SMILES string of the molecule is CC1=C2C[C@@]3(C)C(=C[C@@H](O)[C@H](OC(=O)c4ccc(F)cc4)[C@@H]3C)C=C2N(C)C1=O. The van der Waals surface area contributed by atoms with Gasteiger partial charge in [-0.15, -0.1) is 0 Å². The van der Waals surface area contributed by atoms with Gasteiger partial charge in [0.15, 0.2) is 0 Å². The second-order valence-electron chi connectivity index (χ2n) is 8.37. The molecule has 4 rings (SSSR count). The first kappa shape index (κ1) is 19.6. The maximum Gasteiger partial charge on any atom is 0.338 e. The van der Waals surface area contributed by atoms with Gasteiger partial charge in [-0.05, 0) is 60.9 Å². The summed E-state index contributed by atoms with van der Waals surface area (Å²) in [5, 5.41) is 10.7. The van der Waals surface area contributed by atoms with E-state index in [2.05, 4.69) is 6.92 Å². The average molecular weight is 397 g/mol. The van der Waals surface area contributed by atoms with Gasteiger partial charge in [0.2, 0.25) is 0 Å². The highest BCUT2D eigenvalue weighted by atomic mass is 19.1. The molecule has 1 amide bonds. The largest absolute Gasteiger partial charge is 0.455 e. The van der Waals surface area contributed by atoms with Crippen molar-refractivity contribution in [3.63, 3.8) is 0 Å². The van der Waals surface area contributed by atoms with Gasteiger partial charge < -0.3 is 14.7 Å². The zero-order valence-electron chi connectivity index (χ0n) is 16.9. The molecule has 4 atom stereocenters. The van der Waals surface area contributed by atoms with Gasteiger partial charge in [0.1, 0.15) is 18.0 Å². The van der Waals surface area contributed by atoms with Crippen LogP contribution in [0.5, 0.6) is 0 Å². The molecule has 29 heavy (non-hydrogen) atoms. The molecule has 0 bridgehead atoms. The Labute approximate surface area is 169 Å². The van der Waals surface area contributed by atoms with Gasteiger partial charge in [-0.1, -0.05) is 13.8 Å². The highest BCUT2D eigenvalue weighted by Crippen LogP contribution is 2.54. The summed E-state index contributed by atoms with van der Waals surface area (Å²) in [7, 11) is 1.75. The lowest BCUT2D eigenvalue weighted by Gasteiger charge is -2.48. The highest BCUT2D eigenvalue weighted by molar-refractivity contribution is 6.00. The minimum Gasteiger partial charge on any atom is -0.455 e. The fourth-order valence-electron chi connectivity index (χ4n) is 4.62. The number of likely N-dealkylation sites (N-methyl/N-ethyl adjacent to an activating group) is 1. The number of fused-ring (bicyclic) bond motifs is 2. The summed E-state index contributed by atoms with van der Waals surface area (Å²) >= 11 is 0. The van der Waals surface area contributed by atoms with Crippen molar-refractivity contribution in [2.24, 2.45) is 11.3 Å². The van der Waals surface area contributed by atoms with Gasteiger partial charge in [-0.2, -0.15) is 0 Å². The Morgan fingerprint density at radius 2 is 1.97 bits per heavy atom. The number of allylic oxidation sites excluding steroid dienone is 3. The molecule has 1 aliphatic heterocycles. The number of hydrogen-bond acceptors (Lipinski definition) is 4. The number of aliphatic hydroxyl groups is 1. The number of aliphatic hydroxyl groups excluding tert-OH is 1. The third-order valence-electron chi connectivity index (χ3n) is 6.75. The lowest BCUT2D eigenvalue weighted by molar-refractivity contribution is -0.123. The Bertz CT molecular complexity index is 991. The number of carbonyl (C=O) groups excluding carboxylic acids is 2. The van der Waals surface area contributed by atoms with Crippen LogP contribution in [0.1, 0.15) is 37.6 Å². The molecule has 152 valence electrons. The van der Waals surface area contributed by atoms with Gasteiger partial charge >= 0.3 is 5.97 Å². The lowest BCUT2D eigenvalue weighted by Crippen LogP contribution is -2.49. The zero-order chi connectivity index (χ0) is 21.1. The molecule has 0 spiro atoms. The molecule has 3 aliphatic rings. The van der Waals surface area contributed by atoms with E-state index in [1.54, 1.807) is 18.0 Å². The number of ether oxygens (including phenoxy) is 1. The number of carbonyl (C=O) groups is 2. The number of nitrogens with zero attached hydrogens (tertiary/aromatic N) is 1. The Hall–Kier alpha value is -2.73. The van der Waals surface area contributed by atoms with E-state index in [-0.39, 0.29) is 17.4 Å². The summed E-state index contributed by atoms with van der Waals surface area (Å²) in [4.78, 5) is 26.6. The monoisotopic (exact) mass is 397 g/mol. The van der Waals surface area contributed by atoms with Gasteiger partial charge in [-0.3, -0.25) is 4.79 Å². The summed E-state index contributed by atoms with van der Waals surface area (Å²) in [6, 6.07) is 5.13. The van der Waals surface area contributed by atoms with Crippen LogP contribution in [0.4, 0.5) is 4.39 Å². The molecule has 5 nitrogen and oxygen atoms in total. The number of halogens is 1. The summed E-state index contributed by atoms with van der Waals surface area (Å²) in [6.45, 7) is 5.86. The summed E-state index contributed by atoms with van der Waals surface area (Å²) in [6.07, 6.45) is 2.60. The van der Waals surface area contributed by atoms with Crippen LogP contribution in [0, 0.1) is 17.2 Å². The van der Waals surface area contributed by atoms with E-state index in [1.807, 2.05) is 19.9 Å². The standard InChI is InChI=1S/C23H24FNO4/c1-12-17-11-23(3)13(2)20(29-22(28)14-5-7-16(24)8-6-14)19(26)10-15(23)9-18(17)25(4)21(12)27/h5-10,13,19-20,26H,11H2,1-4H3/t13-,19+,20+,23+/m0/s1. The third-order valence-corrected chi connectivity index (χ3v) is 6.75. The summed E-state index contributed by atoms with van der Waals surface area (Å²) in [5.74, 6) is -1.24. The molecule has 0 unspecified atom stereocenters. The molecule has 2 aliphatic carbocycles. The predicted octanol–water partition coefficient (Wildman–Crippen LogP) is 3.37. The van der Waals surface area contributed by atoms with E-state index in [0.29, 0.717) is 6.42 Å². The third kappa shape index (κ3) is 2.94. The second-order valence-corrected chi connectivity index (χ2v) is 8.37. The van der Waals surface area contributed by atoms with Crippen LogP contribution in [0.2, 0.25) is 0 Å². The van der Waals surface area contributed by atoms with E-state index in [1.165, 1.54) is 24.3 Å². The topological polar surface area (TPSA) is 66.8 Å². The Kier molecular flexibility index (Phi) is 4.50. The van der Waals surface area contributed by atoms with Crippen LogP contribution in [0.3, 0.4) is 0 Å². The van der Waals surface area contributed by atoms with Crippen molar-refractivity contribution in [3.05, 3.63) is 70.2 Å². The fourth-order valence-corrected chi connectivity index (χ4v) is 4.62. The molecule has 1 aromatic carbocycles. The first-order valence-electron chi connectivity index (χ1n) is 9.70. The van der Waals surface area contributed by atoms with Crippen LogP contribution in [0.25, 0.3) is 0 Å². The molecule has 0 saturated heterocycles. The average Bonchev–Trinajstić information content (AvgIpc) is 2.89. The quantitative estimate of drug-likeness (QED) is 0.777. The van der Waals surface area contributed by atoms with Crippen LogP contribution in [-0.4, -0.2) is 41.1 Å². The van der Waals surface area contributed by atoms with Crippen molar-refractivity contribution >= 4 is 11.9 Å². The first-order chi connectivity index (χ1) is 13.6. The molecule has 6 heteroatoms. The zero-order valence-corrected chi connectivity index (χ0v) is 16.9. The van der Waals surface area contributed by atoms with Crippen molar-refractivity contribution in [1.82, 2.24) is 4.90 Å². The number of rotatable bonds is 2. The normalized spacial score (nSPS) is 31.2. The van der Waals surface area contributed by atoms with Gasteiger partial charge in [0, 0.05) is 29.7 Å². The summed E-state index contributed by atoms with van der Waals surface area (Å²) < 4.78 is 18.8. The van der Waals surface area contributed by atoms with E-state index in [9.17, 15) is 19.1 Å². The lowest BCUT2D eigenvalue weighted by atomic mass is 9.59. The minimum absolute atomic E-state index is 0.0124. The smallest absolute Gasteiger partial charge is 0.338 e. The summed E-state index contributed by atoms with van der Waals surface area (Å²) in [5.41, 5.74) is 3.40. The van der Waals surface area contributed by atoms with E-state index in [0.717, 1.165) is 22.4 Å². The second kappa shape index (κ2) is 6.66. The maximum atomic E-state index is 13.1. The number of benzene rings is 1. The maximum absolute atomic E-state index is 13.1. The number of amides is 1. The van der Waals surface area contributed by atoms with Crippen LogP contribution >= 0.6 is 0 Å². The van der Waals surface area contributed by atoms with Crippen molar-refractivity contribution in [1.29, 1.82) is 0 Å². The van der Waals surface area contributed by atoms with Gasteiger partial charge in [0.05, 0.1) is 5.56 Å². The number of hydrogen-bond donors (Lipinski definition) is 1. The molecule has 0 fully saturated rings. The Balaban J connectivity index is 1.66. The highest BCUT2D eigenvalue weighted by Gasteiger charge is 2.50. The van der Waals surface area contributed by atoms with Gasteiger partial charge in [0.25, 0.3) is 5.91 Å². The van der Waals surface area contributed by atoms with Crippen LogP contribution in [-0.2, 0) is 9.53 Å². The molecule has 1 aromatic rings. The van der Waals surface area contributed by atoms with Gasteiger partial charge in [-0.25, -0.2) is 9.18 Å². The van der Waals surface area contributed by atoms with Crippen molar-refractivity contribution in [2.75, 3.05) is 7.05 Å². The molecule has 1 N–H and O–H groups in total. The van der Waals surface area contributed by atoms with Crippen molar-refractivity contribution in [3.8, 4) is 0 Å². The van der Waals surface area contributed by atoms with Crippen molar-refractivity contribution < 1.29 is 23.8 Å². The number of esters is 1. The first-order valence-corrected chi connectivity index (χ1v) is 9.70. The van der Waals surface area contributed by atoms with Crippen LogP contribution in [0.15, 0.2) is 58.8 Å². The Morgan fingerprint density at radius 3 is 2.62 bits per heavy atom. The van der Waals surface area contributed by atoms with E-state index in [4.69, 9.17) is 4.74 Å². The minimum atomic E-state index is -0.969. The molecular weight excluding hydrogens is 373 g/mol. The molecule has 0 saturated carbocycles. The van der Waals surface area contributed by atoms with Crippen LogP contribution < -0.4 is 0 Å². The molecule has 1 heterocycles.